The number of hydrogen-bond donors (Lipinski definition) is 0. The molecule has 0 aliphatic carbocycles. The van der Waals surface area contributed by atoms with Crippen molar-refractivity contribution in [2.24, 2.45) is 0 Å². The number of likely N-dealkylation sites (N-methyl/N-ethyl adjacent to an activating group) is 1. The van der Waals surface area contributed by atoms with Gasteiger partial charge in [0.15, 0.2) is 0 Å². The van der Waals surface area contributed by atoms with Gasteiger partial charge in [0.05, 0.1) is 5.52 Å². The van der Waals surface area contributed by atoms with Gasteiger partial charge in [-0.3, -0.25) is 0 Å². The summed E-state index contributed by atoms with van der Waals surface area (Å²) in [6.45, 7) is 3.83. The monoisotopic (exact) mass is 267 g/mol. The van der Waals surface area contributed by atoms with E-state index in [-0.39, 0.29) is 0 Å². The maximum Gasteiger partial charge on any atom is 0.129 e. The van der Waals surface area contributed by atoms with Crippen LogP contribution in [-0.2, 0) is 6.54 Å². The Bertz CT molecular complexity index is 705. The molecule has 3 aromatic rings. The second-order valence-electron chi connectivity index (χ2n) is 4.94. The van der Waals surface area contributed by atoms with E-state index in [4.69, 9.17) is 4.98 Å². The molecule has 0 aliphatic rings. The zero-order valence-corrected chi connectivity index (χ0v) is 11.7. The Labute approximate surface area is 117 Å². The molecule has 0 atom stereocenters. The molecular weight excluding hydrogens is 250 g/mol. The van der Waals surface area contributed by atoms with Gasteiger partial charge in [0.2, 0.25) is 0 Å². The van der Waals surface area contributed by atoms with Gasteiger partial charge in [-0.05, 0) is 24.6 Å². The lowest BCUT2D eigenvalue weighted by Crippen LogP contribution is -2.23. The van der Waals surface area contributed by atoms with Crippen molar-refractivity contribution >= 4 is 16.7 Å². The second-order valence-corrected chi connectivity index (χ2v) is 4.94. The number of pyridine rings is 1. The molecule has 3 rings (SSSR count). The lowest BCUT2D eigenvalue weighted by molar-refractivity contribution is 0.679. The van der Waals surface area contributed by atoms with E-state index < -0.39 is 0 Å². The third-order valence-electron chi connectivity index (χ3n) is 3.46. The molecule has 0 spiro atoms. The lowest BCUT2D eigenvalue weighted by Gasteiger charge is -2.19. The number of para-hydroxylation sites is 1. The van der Waals surface area contributed by atoms with Crippen LogP contribution in [0.2, 0.25) is 0 Å². The highest BCUT2D eigenvalue weighted by Crippen LogP contribution is 2.21. The van der Waals surface area contributed by atoms with Gasteiger partial charge < -0.3 is 9.47 Å². The van der Waals surface area contributed by atoms with Crippen LogP contribution >= 0.6 is 0 Å². The Morgan fingerprint density at radius 2 is 1.90 bits per heavy atom. The van der Waals surface area contributed by atoms with E-state index in [1.807, 2.05) is 16.7 Å². The van der Waals surface area contributed by atoms with Crippen molar-refractivity contribution in [1.29, 1.82) is 0 Å². The highest BCUT2D eigenvalue weighted by Gasteiger charge is 2.06. The first-order valence-electron chi connectivity index (χ1n) is 6.64. The Kier molecular flexibility index (Phi) is 3.33. The maximum absolute atomic E-state index is 4.72. The molecular formula is C15H17N5. The summed E-state index contributed by atoms with van der Waals surface area (Å²) in [4.78, 5) is 6.87. The molecule has 5 heteroatoms. The van der Waals surface area contributed by atoms with Crippen molar-refractivity contribution in [3.63, 3.8) is 0 Å². The number of anilines is 1. The highest BCUT2D eigenvalue weighted by atomic mass is 15.2. The van der Waals surface area contributed by atoms with Gasteiger partial charge in [-0.2, -0.15) is 0 Å². The summed E-state index contributed by atoms with van der Waals surface area (Å²) in [6.07, 6.45) is 3.46. The molecule has 0 radical (unpaired) electrons. The SMILES string of the molecule is Cc1cc(N(C)CCn2cnnc2)nc2ccccc12. The normalized spacial score (nSPS) is 10.9. The van der Waals surface area contributed by atoms with E-state index in [0.717, 1.165) is 24.4 Å². The van der Waals surface area contributed by atoms with Gasteiger partial charge >= 0.3 is 0 Å². The van der Waals surface area contributed by atoms with Crippen molar-refractivity contribution in [2.75, 3.05) is 18.5 Å². The van der Waals surface area contributed by atoms with Crippen molar-refractivity contribution in [2.45, 2.75) is 13.5 Å². The van der Waals surface area contributed by atoms with Crippen LogP contribution in [0.3, 0.4) is 0 Å². The summed E-state index contributed by atoms with van der Waals surface area (Å²) in [6, 6.07) is 10.4. The van der Waals surface area contributed by atoms with Crippen molar-refractivity contribution in [3.05, 3.63) is 48.5 Å². The van der Waals surface area contributed by atoms with Gasteiger partial charge in [-0.15, -0.1) is 10.2 Å². The van der Waals surface area contributed by atoms with Crippen LogP contribution in [0.25, 0.3) is 10.9 Å². The average Bonchev–Trinajstić information content (AvgIpc) is 2.98. The fourth-order valence-corrected chi connectivity index (χ4v) is 2.24. The van der Waals surface area contributed by atoms with E-state index in [9.17, 15) is 0 Å². The van der Waals surface area contributed by atoms with Crippen LogP contribution in [0, 0.1) is 6.92 Å². The third kappa shape index (κ3) is 2.47. The summed E-state index contributed by atoms with van der Waals surface area (Å²) in [5.74, 6) is 0.995. The zero-order valence-electron chi connectivity index (χ0n) is 11.7. The summed E-state index contributed by atoms with van der Waals surface area (Å²) in [7, 11) is 2.06. The van der Waals surface area contributed by atoms with E-state index in [0.29, 0.717) is 0 Å². The van der Waals surface area contributed by atoms with Gasteiger partial charge in [0.25, 0.3) is 0 Å². The lowest BCUT2D eigenvalue weighted by atomic mass is 10.1. The molecule has 0 fully saturated rings. The molecule has 0 bridgehead atoms. The second kappa shape index (κ2) is 5.28. The van der Waals surface area contributed by atoms with Crippen LogP contribution in [0.15, 0.2) is 43.0 Å². The van der Waals surface area contributed by atoms with Crippen molar-refractivity contribution in [3.8, 4) is 0 Å². The smallest absolute Gasteiger partial charge is 0.129 e. The highest BCUT2D eigenvalue weighted by molar-refractivity contribution is 5.83. The average molecular weight is 267 g/mol. The third-order valence-corrected chi connectivity index (χ3v) is 3.46. The minimum Gasteiger partial charge on any atom is -0.358 e. The van der Waals surface area contributed by atoms with Gasteiger partial charge in [-0.1, -0.05) is 18.2 Å². The minimum absolute atomic E-state index is 0.844. The van der Waals surface area contributed by atoms with Crippen LogP contribution in [0.5, 0.6) is 0 Å². The number of hydrogen-bond acceptors (Lipinski definition) is 4. The molecule has 0 aliphatic heterocycles. The Balaban J connectivity index is 1.82. The molecule has 2 aromatic heterocycles. The fraction of sp³-hybridized carbons (Fsp3) is 0.267. The van der Waals surface area contributed by atoms with Crippen molar-refractivity contribution in [1.82, 2.24) is 19.7 Å². The largest absolute Gasteiger partial charge is 0.358 e. The van der Waals surface area contributed by atoms with Crippen LogP contribution in [0.4, 0.5) is 5.82 Å². The van der Waals surface area contributed by atoms with Gasteiger partial charge in [0, 0.05) is 25.5 Å². The molecule has 102 valence electrons. The minimum atomic E-state index is 0.844. The Morgan fingerprint density at radius 1 is 1.15 bits per heavy atom. The number of aryl methyl sites for hydroxylation is 1. The number of fused-ring (bicyclic) bond motifs is 1. The predicted molar refractivity (Wildman–Crippen MR) is 79.8 cm³/mol. The van der Waals surface area contributed by atoms with Crippen LogP contribution in [0.1, 0.15) is 5.56 Å². The summed E-state index contributed by atoms with van der Waals surface area (Å²) in [5.41, 5.74) is 2.29. The molecule has 0 N–H and O–H groups in total. The number of rotatable bonds is 4. The molecule has 5 nitrogen and oxygen atoms in total. The summed E-state index contributed by atoms with van der Waals surface area (Å²) in [5, 5.41) is 8.82. The topological polar surface area (TPSA) is 46.8 Å². The van der Waals surface area contributed by atoms with E-state index >= 15 is 0 Å². The zero-order chi connectivity index (χ0) is 13.9. The van der Waals surface area contributed by atoms with Crippen molar-refractivity contribution < 1.29 is 0 Å². The van der Waals surface area contributed by atoms with Crippen LogP contribution < -0.4 is 4.90 Å². The Hall–Kier alpha value is -2.43. The first-order valence-corrected chi connectivity index (χ1v) is 6.64. The standard InChI is InChI=1S/C15H17N5/c1-12-9-15(18-14-6-4-3-5-13(12)14)19(2)7-8-20-10-16-17-11-20/h3-6,9-11H,7-8H2,1-2H3. The molecule has 0 saturated heterocycles. The number of nitrogens with zero attached hydrogens (tertiary/aromatic N) is 5. The fourth-order valence-electron chi connectivity index (χ4n) is 2.24. The van der Waals surface area contributed by atoms with E-state index in [1.54, 1.807) is 12.7 Å². The quantitative estimate of drug-likeness (QED) is 0.727. The molecule has 20 heavy (non-hydrogen) atoms. The number of aromatic nitrogens is 4. The van der Waals surface area contributed by atoms with Gasteiger partial charge in [0.1, 0.15) is 18.5 Å². The molecule has 0 saturated carbocycles. The molecule has 1 aromatic carbocycles. The summed E-state index contributed by atoms with van der Waals surface area (Å²) < 4.78 is 1.96. The number of benzene rings is 1. The van der Waals surface area contributed by atoms with E-state index in [2.05, 4.69) is 47.3 Å². The van der Waals surface area contributed by atoms with E-state index in [1.165, 1.54) is 10.9 Å². The van der Waals surface area contributed by atoms with Crippen LogP contribution in [-0.4, -0.2) is 33.3 Å². The molecule has 0 unspecified atom stereocenters. The predicted octanol–water partition coefficient (Wildman–Crippen LogP) is 2.27. The summed E-state index contributed by atoms with van der Waals surface area (Å²) >= 11 is 0. The maximum atomic E-state index is 4.72. The first kappa shape index (κ1) is 12.6. The molecule has 0 amide bonds. The first-order chi connectivity index (χ1) is 9.74. The Morgan fingerprint density at radius 3 is 2.70 bits per heavy atom. The van der Waals surface area contributed by atoms with Gasteiger partial charge in [-0.25, -0.2) is 4.98 Å². The molecule has 2 heterocycles.